The summed E-state index contributed by atoms with van der Waals surface area (Å²) in [6, 6.07) is 0. The standard InChI is InChI=1S/C4H7BO/c1-3(2)4(5)6/h1,5H2,2H3. The van der Waals surface area contributed by atoms with Crippen molar-refractivity contribution in [2.24, 2.45) is 0 Å². The number of carbonyl (C=O) groups is 1. The topological polar surface area (TPSA) is 17.1 Å². The van der Waals surface area contributed by atoms with Crippen molar-refractivity contribution in [1.82, 2.24) is 0 Å². The highest BCUT2D eigenvalue weighted by atomic mass is 16.1. The van der Waals surface area contributed by atoms with Gasteiger partial charge in [-0.05, 0) is 12.5 Å². The Morgan fingerprint density at radius 1 is 1.83 bits per heavy atom. The maximum absolute atomic E-state index is 10.0. The molecule has 0 aliphatic rings. The van der Waals surface area contributed by atoms with Gasteiger partial charge in [-0.15, -0.1) is 0 Å². The molecule has 0 saturated carbocycles. The molecule has 0 atom stereocenters. The molecule has 0 saturated heterocycles. The second kappa shape index (κ2) is 1.80. The van der Waals surface area contributed by atoms with Gasteiger partial charge < -0.3 is 4.79 Å². The molecule has 0 rings (SSSR count). The fourth-order valence-corrected chi connectivity index (χ4v) is 0. The normalized spacial score (nSPS) is 7.50. The number of carbonyl (C=O) groups excluding carboxylic acids is 1. The minimum absolute atomic E-state index is 0.0648. The molecule has 0 unspecified atom stereocenters. The van der Waals surface area contributed by atoms with E-state index in [-0.39, 0.29) is 5.68 Å². The molecule has 2 heteroatoms. The van der Waals surface area contributed by atoms with E-state index in [9.17, 15) is 4.79 Å². The first-order valence-electron chi connectivity index (χ1n) is 1.81. The van der Waals surface area contributed by atoms with Crippen LogP contribution in [0.5, 0.6) is 0 Å². The Bertz CT molecular complexity index is 73.5. The van der Waals surface area contributed by atoms with Crippen molar-refractivity contribution in [3.05, 3.63) is 12.2 Å². The minimum atomic E-state index is 0.0648. The summed E-state index contributed by atoms with van der Waals surface area (Å²) in [5, 5.41) is 0. The molecule has 0 spiro atoms. The van der Waals surface area contributed by atoms with E-state index in [4.69, 9.17) is 0 Å². The lowest BCUT2D eigenvalue weighted by Crippen LogP contribution is -1.93. The van der Waals surface area contributed by atoms with E-state index in [1.54, 1.807) is 6.92 Å². The van der Waals surface area contributed by atoms with Crippen molar-refractivity contribution < 1.29 is 4.79 Å². The first kappa shape index (κ1) is 5.47. The second-order valence-corrected chi connectivity index (χ2v) is 1.34. The maximum Gasteiger partial charge on any atom is 0.193 e. The van der Waals surface area contributed by atoms with Gasteiger partial charge in [-0.2, -0.15) is 0 Å². The van der Waals surface area contributed by atoms with Crippen LogP contribution in [0.2, 0.25) is 0 Å². The Morgan fingerprint density at radius 2 is 2.00 bits per heavy atom. The number of allylic oxidation sites excluding steroid dienone is 1. The predicted molar refractivity (Wildman–Crippen MR) is 28.4 cm³/mol. The quantitative estimate of drug-likeness (QED) is 0.314. The third-order valence-electron chi connectivity index (χ3n) is 0.601. The smallest absolute Gasteiger partial charge is 0.193 e. The van der Waals surface area contributed by atoms with E-state index in [1.165, 1.54) is 7.85 Å². The summed E-state index contributed by atoms with van der Waals surface area (Å²) in [5.41, 5.74) is 0.685. The monoisotopic (exact) mass is 82.1 g/mol. The van der Waals surface area contributed by atoms with E-state index in [2.05, 4.69) is 6.58 Å². The lowest BCUT2D eigenvalue weighted by molar-refractivity contribution is -0.108. The van der Waals surface area contributed by atoms with Crippen molar-refractivity contribution in [3.63, 3.8) is 0 Å². The molecule has 0 aromatic rings. The average Bonchev–Trinajstić information content (AvgIpc) is 1.36. The number of hydrogen-bond acceptors (Lipinski definition) is 1. The molecule has 0 bridgehead atoms. The van der Waals surface area contributed by atoms with Crippen LogP contribution < -0.4 is 0 Å². The zero-order chi connectivity index (χ0) is 5.15. The molecule has 0 radical (unpaired) electrons. The molecule has 0 aromatic carbocycles. The van der Waals surface area contributed by atoms with Crippen LogP contribution >= 0.6 is 0 Å². The van der Waals surface area contributed by atoms with Crippen LogP contribution in [0.3, 0.4) is 0 Å². The summed E-state index contributed by atoms with van der Waals surface area (Å²) >= 11 is 0. The lowest BCUT2D eigenvalue weighted by atomic mass is 9.97. The third-order valence-corrected chi connectivity index (χ3v) is 0.601. The zero-order valence-corrected chi connectivity index (χ0v) is 4.12. The van der Waals surface area contributed by atoms with Crippen LogP contribution in [0.1, 0.15) is 6.92 Å². The Labute approximate surface area is 38.5 Å². The summed E-state index contributed by atoms with van der Waals surface area (Å²) < 4.78 is 0. The van der Waals surface area contributed by atoms with E-state index < -0.39 is 0 Å². The van der Waals surface area contributed by atoms with Gasteiger partial charge in [0.2, 0.25) is 0 Å². The van der Waals surface area contributed by atoms with Gasteiger partial charge in [0.05, 0.1) is 0 Å². The first-order chi connectivity index (χ1) is 2.64. The van der Waals surface area contributed by atoms with Gasteiger partial charge in [-0.25, -0.2) is 0 Å². The second-order valence-electron chi connectivity index (χ2n) is 1.34. The molecule has 6 heavy (non-hydrogen) atoms. The predicted octanol–water partition coefficient (Wildman–Crippen LogP) is -0.278. The summed E-state index contributed by atoms with van der Waals surface area (Å²) in [6.45, 7) is 5.10. The maximum atomic E-state index is 10.0. The van der Waals surface area contributed by atoms with Crippen molar-refractivity contribution in [2.45, 2.75) is 6.92 Å². The van der Waals surface area contributed by atoms with Crippen molar-refractivity contribution in [2.75, 3.05) is 0 Å². The van der Waals surface area contributed by atoms with Crippen LogP contribution in [0.4, 0.5) is 0 Å². The van der Waals surface area contributed by atoms with Crippen LogP contribution in [-0.2, 0) is 4.79 Å². The summed E-state index contributed by atoms with van der Waals surface area (Å²) in [7, 11) is 1.50. The number of rotatable bonds is 1. The number of hydrogen-bond donors (Lipinski definition) is 0. The van der Waals surface area contributed by atoms with Gasteiger partial charge in [0, 0.05) is 0 Å². The Hall–Kier alpha value is -0.525. The van der Waals surface area contributed by atoms with Crippen LogP contribution in [0, 0.1) is 0 Å². The fourth-order valence-electron chi connectivity index (χ4n) is 0. The molecule has 0 fully saturated rings. The highest BCUT2D eigenvalue weighted by molar-refractivity contribution is 6.62. The van der Waals surface area contributed by atoms with E-state index in [1.807, 2.05) is 0 Å². The first-order valence-corrected chi connectivity index (χ1v) is 1.81. The molecular weight excluding hydrogens is 74.9 g/mol. The Kier molecular flexibility index (Phi) is 1.64. The van der Waals surface area contributed by atoms with Crippen LogP contribution in [-0.4, -0.2) is 13.5 Å². The van der Waals surface area contributed by atoms with Crippen LogP contribution in [0.15, 0.2) is 12.2 Å². The van der Waals surface area contributed by atoms with Gasteiger partial charge >= 0.3 is 0 Å². The Morgan fingerprint density at radius 3 is 2.00 bits per heavy atom. The van der Waals surface area contributed by atoms with Crippen LogP contribution in [0.25, 0.3) is 0 Å². The molecular formula is C4H7BO. The zero-order valence-electron chi connectivity index (χ0n) is 4.12. The van der Waals surface area contributed by atoms with Gasteiger partial charge in [-0.1, -0.05) is 6.58 Å². The van der Waals surface area contributed by atoms with Crippen molar-refractivity contribution in [3.8, 4) is 0 Å². The lowest BCUT2D eigenvalue weighted by Gasteiger charge is -1.81. The van der Waals surface area contributed by atoms with E-state index in [0.29, 0.717) is 5.57 Å². The van der Waals surface area contributed by atoms with E-state index in [0.717, 1.165) is 0 Å². The van der Waals surface area contributed by atoms with Gasteiger partial charge in [-0.3, -0.25) is 0 Å². The highest BCUT2D eigenvalue weighted by Crippen LogP contribution is 1.80. The summed E-state index contributed by atoms with van der Waals surface area (Å²) in [6.07, 6.45) is 0. The van der Waals surface area contributed by atoms with E-state index >= 15 is 0 Å². The van der Waals surface area contributed by atoms with Gasteiger partial charge in [0.1, 0.15) is 5.68 Å². The fraction of sp³-hybridized carbons (Fsp3) is 0.250. The van der Waals surface area contributed by atoms with Gasteiger partial charge in [0.15, 0.2) is 7.85 Å². The molecule has 0 heterocycles. The van der Waals surface area contributed by atoms with Crippen molar-refractivity contribution in [1.29, 1.82) is 0 Å². The molecule has 0 aliphatic carbocycles. The summed E-state index contributed by atoms with van der Waals surface area (Å²) in [5.74, 6) is 0. The molecule has 0 aliphatic heterocycles. The minimum Gasteiger partial charge on any atom is -0.307 e. The largest absolute Gasteiger partial charge is 0.307 e. The molecule has 1 nitrogen and oxygen atoms in total. The summed E-state index contributed by atoms with van der Waals surface area (Å²) in [4.78, 5) is 10.0. The SMILES string of the molecule is BC(=O)C(=C)C. The molecule has 32 valence electrons. The van der Waals surface area contributed by atoms with Gasteiger partial charge in [0.25, 0.3) is 0 Å². The average molecular weight is 81.9 g/mol. The molecule has 0 N–H and O–H groups in total. The van der Waals surface area contributed by atoms with Crippen molar-refractivity contribution >= 4 is 13.5 Å². The molecule has 0 aromatic heterocycles. The molecule has 0 amide bonds. The Balaban J connectivity index is 3.57. The third kappa shape index (κ3) is 1.76. The highest BCUT2D eigenvalue weighted by Gasteiger charge is 1.86.